The van der Waals surface area contributed by atoms with Gasteiger partial charge in [-0.1, -0.05) is 6.07 Å². The third kappa shape index (κ3) is 1.62. The van der Waals surface area contributed by atoms with Gasteiger partial charge in [0.15, 0.2) is 0 Å². The molecule has 3 N–H and O–H groups in total. The number of nitrogens with two attached hydrogens (primary N) is 1. The lowest BCUT2D eigenvalue weighted by molar-refractivity contribution is 0.224. The number of hydrogen-bond donors (Lipinski definition) is 2. The van der Waals surface area contributed by atoms with E-state index in [-0.39, 0.29) is 0 Å². The van der Waals surface area contributed by atoms with Crippen molar-refractivity contribution in [3.05, 3.63) is 46.4 Å². The van der Waals surface area contributed by atoms with Crippen LogP contribution < -0.4 is 5.73 Å². The van der Waals surface area contributed by atoms with Gasteiger partial charge in [-0.3, -0.25) is 4.98 Å². The number of hydrogen-bond acceptors (Lipinski definition) is 4. The molecule has 2 aromatic heterocycles. The van der Waals surface area contributed by atoms with Gasteiger partial charge < -0.3 is 10.8 Å². The van der Waals surface area contributed by atoms with Crippen LogP contribution in [-0.4, -0.2) is 10.1 Å². The van der Waals surface area contributed by atoms with Crippen LogP contribution in [0.5, 0.6) is 0 Å². The van der Waals surface area contributed by atoms with Gasteiger partial charge in [-0.2, -0.15) is 0 Å². The molecule has 0 saturated heterocycles. The first-order valence-corrected chi connectivity index (χ1v) is 5.08. The zero-order valence-corrected chi connectivity index (χ0v) is 8.24. The summed E-state index contributed by atoms with van der Waals surface area (Å²) in [6.07, 6.45) is 2.54. The molecule has 0 saturated carbocycles. The van der Waals surface area contributed by atoms with Crippen molar-refractivity contribution >= 4 is 17.0 Å². The summed E-state index contributed by atoms with van der Waals surface area (Å²) in [7, 11) is 0. The number of aliphatic hydroxyl groups is 1. The van der Waals surface area contributed by atoms with Crippen molar-refractivity contribution in [3.8, 4) is 0 Å². The average molecular weight is 206 g/mol. The van der Waals surface area contributed by atoms with Crippen molar-refractivity contribution in [2.45, 2.75) is 6.10 Å². The molecule has 0 bridgehead atoms. The highest BCUT2D eigenvalue weighted by Crippen LogP contribution is 2.28. The minimum Gasteiger partial charge on any atom is -0.398 e. The molecule has 1 unspecified atom stereocenters. The van der Waals surface area contributed by atoms with Gasteiger partial charge in [0, 0.05) is 28.5 Å². The summed E-state index contributed by atoms with van der Waals surface area (Å²) in [6.45, 7) is 0. The van der Waals surface area contributed by atoms with Crippen molar-refractivity contribution in [2.75, 3.05) is 5.73 Å². The number of rotatable bonds is 2. The lowest BCUT2D eigenvalue weighted by Gasteiger charge is -2.10. The average Bonchev–Trinajstić information content (AvgIpc) is 2.70. The summed E-state index contributed by atoms with van der Waals surface area (Å²) in [5.41, 5.74) is 6.96. The molecule has 14 heavy (non-hydrogen) atoms. The summed E-state index contributed by atoms with van der Waals surface area (Å²) in [5, 5.41) is 11.9. The van der Waals surface area contributed by atoms with Crippen molar-refractivity contribution in [1.29, 1.82) is 0 Å². The fraction of sp³-hybridized carbons (Fsp3) is 0.100. The van der Waals surface area contributed by atoms with E-state index in [0.29, 0.717) is 11.3 Å². The van der Waals surface area contributed by atoms with E-state index >= 15 is 0 Å². The monoisotopic (exact) mass is 206 g/mol. The first-order valence-electron chi connectivity index (χ1n) is 4.20. The Kier molecular flexibility index (Phi) is 2.47. The van der Waals surface area contributed by atoms with E-state index in [1.54, 1.807) is 18.5 Å². The Bertz CT molecular complexity index is 414. The second-order valence-electron chi connectivity index (χ2n) is 2.92. The van der Waals surface area contributed by atoms with Crippen LogP contribution >= 0.6 is 11.3 Å². The van der Waals surface area contributed by atoms with Crippen LogP contribution in [0.3, 0.4) is 0 Å². The summed E-state index contributed by atoms with van der Waals surface area (Å²) in [5.74, 6) is 0. The molecule has 0 aliphatic rings. The van der Waals surface area contributed by atoms with E-state index in [1.807, 2.05) is 17.5 Å². The molecule has 3 nitrogen and oxygen atoms in total. The maximum Gasteiger partial charge on any atom is 0.117 e. The van der Waals surface area contributed by atoms with Crippen molar-refractivity contribution in [2.24, 2.45) is 0 Å². The molecule has 0 amide bonds. The third-order valence-electron chi connectivity index (χ3n) is 1.99. The Morgan fingerprint density at radius 3 is 2.93 bits per heavy atom. The highest BCUT2D eigenvalue weighted by atomic mass is 32.1. The molecule has 2 rings (SSSR count). The second-order valence-corrected chi connectivity index (χ2v) is 3.90. The number of thiophene rings is 1. The summed E-state index contributed by atoms with van der Waals surface area (Å²) in [6, 6.07) is 5.46. The Morgan fingerprint density at radius 1 is 1.43 bits per heavy atom. The van der Waals surface area contributed by atoms with Crippen molar-refractivity contribution in [3.63, 3.8) is 0 Å². The van der Waals surface area contributed by atoms with Gasteiger partial charge in [0.1, 0.15) is 6.10 Å². The standard InChI is InChI=1S/C10H10N2OS/c11-8-3-4-12-6-7(8)10(13)9-2-1-5-14-9/h1-6,10,13H,(H2,11,12). The van der Waals surface area contributed by atoms with E-state index < -0.39 is 6.10 Å². The summed E-state index contributed by atoms with van der Waals surface area (Å²) < 4.78 is 0. The van der Waals surface area contributed by atoms with E-state index in [1.165, 1.54) is 11.3 Å². The molecule has 0 spiro atoms. The van der Waals surface area contributed by atoms with Crippen LogP contribution in [0, 0.1) is 0 Å². The molecule has 1 atom stereocenters. The number of nitrogen functional groups attached to an aromatic ring is 1. The highest BCUT2D eigenvalue weighted by Gasteiger charge is 2.13. The lowest BCUT2D eigenvalue weighted by atomic mass is 10.1. The van der Waals surface area contributed by atoms with Crippen molar-refractivity contribution in [1.82, 2.24) is 4.98 Å². The fourth-order valence-corrected chi connectivity index (χ4v) is 1.97. The first-order chi connectivity index (χ1) is 6.79. The predicted octanol–water partition coefficient (Wildman–Crippen LogP) is 1.81. The fourth-order valence-electron chi connectivity index (χ4n) is 1.25. The van der Waals surface area contributed by atoms with E-state index in [4.69, 9.17) is 5.73 Å². The Labute approximate surface area is 85.8 Å². The van der Waals surface area contributed by atoms with Crippen LogP contribution in [0.1, 0.15) is 16.5 Å². The van der Waals surface area contributed by atoms with Crippen LogP contribution in [-0.2, 0) is 0 Å². The van der Waals surface area contributed by atoms with Gasteiger partial charge in [-0.15, -0.1) is 11.3 Å². The zero-order valence-electron chi connectivity index (χ0n) is 7.42. The minimum atomic E-state index is -0.663. The molecule has 2 aromatic rings. The summed E-state index contributed by atoms with van der Waals surface area (Å²) >= 11 is 1.50. The SMILES string of the molecule is Nc1ccncc1C(O)c1cccs1. The number of nitrogens with zero attached hydrogens (tertiary/aromatic N) is 1. The second kappa shape index (κ2) is 3.77. The molecule has 0 radical (unpaired) electrons. The molecular weight excluding hydrogens is 196 g/mol. The number of aliphatic hydroxyl groups excluding tert-OH is 1. The molecule has 0 aliphatic heterocycles. The molecule has 2 heterocycles. The molecular formula is C10H10N2OS. The number of pyridine rings is 1. The molecule has 4 heteroatoms. The maximum atomic E-state index is 9.95. The van der Waals surface area contributed by atoms with E-state index in [9.17, 15) is 5.11 Å². The summed E-state index contributed by atoms with van der Waals surface area (Å²) in [4.78, 5) is 4.82. The van der Waals surface area contributed by atoms with Crippen LogP contribution in [0.4, 0.5) is 5.69 Å². The highest BCUT2D eigenvalue weighted by molar-refractivity contribution is 7.10. The zero-order chi connectivity index (χ0) is 9.97. The molecule has 72 valence electrons. The lowest BCUT2D eigenvalue weighted by Crippen LogP contribution is -2.02. The molecule has 0 aromatic carbocycles. The third-order valence-corrected chi connectivity index (χ3v) is 2.92. The minimum absolute atomic E-state index is 0.570. The van der Waals surface area contributed by atoms with Gasteiger partial charge in [-0.05, 0) is 17.5 Å². The van der Waals surface area contributed by atoms with Crippen LogP contribution in [0.2, 0.25) is 0 Å². The van der Waals surface area contributed by atoms with Gasteiger partial charge >= 0.3 is 0 Å². The first kappa shape index (κ1) is 9.18. The van der Waals surface area contributed by atoms with Crippen molar-refractivity contribution < 1.29 is 5.11 Å². The van der Waals surface area contributed by atoms with Crippen LogP contribution in [0.15, 0.2) is 36.0 Å². The van der Waals surface area contributed by atoms with Gasteiger partial charge in [0.2, 0.25) is 0 Å². The maximum absolute atomic E-state index is 9.95. The quantitative estimate of drug-likeness (QED) is 0.787. The topological polar surface area (TPSA) is 59.1 Å². The van der Waals surface area contributed by atoms with Crippen LogP contribution in [0.25, 0.3) is 0 Å². The smallest absolute Gasteiger partial charge is 0.117 e. The van der Waals surface area contributed by atoms with Gasteiger partial charge in [0.25, 0.3) is 0 Å². The Morgan fingerprint density at radius 2 is 2.29 bits per heavy atom. The largest absolute Gasteiger partial charge is 0.398 e. The van der Waals surface area contributed by atoms with E-state index in [0.717, 1.165) is 4.88 Å². The van der Waals surface area contributed by atoms with E-state index in [2.05, 4.69) is 4.98 Å². The number of anilines is 1. The van der Waals surface area contributed by atoms with Gasteiger partial charge in [-0.25, -0.2) is 0 Å². The molecule has 0 aliphatic carbocycles. The normalized spacial score (nSPS) is 12.6. The van der Waals surface area contributed by atoms with Gasteiger partial charge in [0.05, 0.1) is 0 Å². The Hall–Kier alpha value is -1.39. The number of aromatic nitrogens is 1. The molecule has 0 fully saturated rings. The Balaban J connectivity index is 2.37. The predicted molar refractivity (Wildman–Crippen MR) is 57.0 cm³/mol.